The molecule has 1 aromatic heterocycles. The molecular formula is C14H17F3N2O4S. The molecule has 2 rings (SSSR count). The van der Waals surface area contributed by atoms with Crippen molar-refractivity contribution in [1.29, 1.82) is 0 Å². The predicted octanol–water partition coefficient (Wildman–Crippen LogP) is 1.91. The van der Waals surface area contributed by atoms with Crippen LogP contribution in [0.2, 0.25) is 0 Å². The van der Waals surface area contributed by atoms with E-state index in [1.165, 1.54) is 19.2 Å². The first kappa shape index (κ1) is 18.7. The van der Waals surface area contributed by atoms with E-state index in [1.54, 1.807) is 0 Å². The minimum atomic E-state index is -5.08. The molecular weight excluding hydrogens is 349 g/mol. The van der Waals surface area contributed by atoms with Crippen molar-refractivity contribution >= 4 is 23.2 Å². The van der Waals surface area contributed by atoms with Crippen molar-refractivity contribution in [3.05, 3.63) is 16.1 Å². The molecule has 0 spiro atoms. The van der Waals surface area contributed by atoms with Crippen LogP contribution >= 0.6 is 11.3 Å². The first-order chi connectivity index (χ1) is 10.9. The van der Waals surface area contributed by atoms with Crippen LogP contribution in [0.4, 0.5) is 13.2 Å². The van der Waals surface area contributed by atoms with Gasteiger partial charge in [0.15, 0.2) is 0 Å². The molecule has 0 saturated carbocycles. The molecule has 1 aromatic rings. The molecule has 2 N–H and O–H groups in total. The van der Waals surface area contributed by atoms with Gasteiger partial charge >= 0.3 is 12.1 Å². The van der Waals surface area contributed by atoms with Gasteiger partial charge in [-0.3, -0.25) is 9.59 Å². The molecule has 2 unspecified atom stereocenters. The molecule has 1 aliphatic rings. The zero-order valence-corrected chi connectivity index (χ0v) is 13.9. The Morgan fingerprint density at radius 2 is 2.08 bits per heavy atom. The van der Waals surface area contributed by atoms with Crippen molar-refractivity contribution in [2.24, 2.45) is 5.41 Å². The van der Waals surface area contributed by atoms with Crippen molar-refractivity contribution in [1.82, 2.24) is 9.88 Å². The van der Waals surface area contributed by atoms with Crippen molar-refractivity contribution < 1.29 is 33.0 Å². The Bertz CT molecular complexity index is 663. The van der Waals surface area contributed by atoms with Crippen LogP contribution in [-0.2, 0) is 15.2 Å². The summed E-state index contributed by atoms with van der Waals surface area (Å²) in [6.45, 7) is 2.76. The van der Waals surface area contributed by atoms with Crippen LogP contribution in [0.25, 0.3) is 0 Å². The maximum atomic E-state index is 13.4. The van der Waals surface area contributed by atoms with Gasteiger partial charge in [0.1, 0.15) is 5.01 Å². The molecule has 24 heavy (non-hydrogen) atoms. The molecule has 134 valence electrons. The highest BCUT2D eigenvalue weighted by Gasteiger charge is 2.59. The lowest BCUT2D eigenvalue weighted by Crippen LogP contribution is -2.47. The van der Waals surface area contributed by atoms with Crippen molar-refractivity contribution in [3.63, 3.8) is 0 Å². The average molecular weight is 366 g/mol. The third kappa shape index (κ3) is 3.25. The Labute approximate surface area is 139 Å². The fourth-order valence-electron chi connectivity index (χ4n) is 2.52. The first-order valence-electron chi connectivity index (χ1n) is 7.12. The van der Waals surface area contributed by atoms with Gasteiger partial charge in [-0.15, -0.1) is 11.3 Å². The van der Waals surface area contributed by atoms with Gasteiger partial charge in [-0.25, -0.2) is 4.98 Å². The Balaban J connectivity index is 2.22. The molecule has 1 amide bonds. The second kappa shape index (κ2) is 5.99. The minimum absolute atomic E-state index is 0.0342. The summed E-state index contributed by atoms with van der Waals surface area (Å²) in [6, 6.07) is 0. The van der Waals surface area contributed by atoms with E-state index >= 15 is 0 Å². The van der Waals surface area contributed by atoms with E-state index in [9.17, 15) is 27.9 Å². The average Bonchev–Trinajstić information content (AvgIpc) is 3.05. The lowest BCUT2D eigenvalue weighted by atomic mass is 9.90. The number of aromatic nitrogens is 1. The highest BCUT2D eigenvalue weighted by Crippen LogP contribution is 2.43. The first-order valence-corrected chi connectivity index (χ1v) is 8.00. The van der Waals surface area contributed by atoms with Crippen molar-refractivity contribution in [2.45, 2.75) is 38.5 Å². The molecule has 10 heteroatoms. The topological polar surface area (TPSA) is 90.7 Å². The highest BCUT2D eigenvalue weighted by molar-refractivity contribution is 7.09. The number of hydrogen-bond donors (Lipinski definition) is 2. The minimum Gasteiger partial charge on any atom is -0.481 e. The monoisotopic (exact) mass is 366 g/mol. The molecule has 1 saturated heterocycles. The fraction of sp³-hybridized carbons (Fsp3) is 0.643. The van der Waals surface area contributed by atoms with E-state index in [4.69, 9.17) is 5.11 Å². The van der Waals surface area contributed by atoms with Crippen LogP contribution in [-0.4, -0.2) is 51.2 Å². The predicted molar refractivity (Wildman–Crippen MR) is 78.4 cm³/mol. The van der Waals surface area contributed by atoms with Crippen LogP contribution in [0.15, 0.2) is 5.38 Å². The van der Waals surface area contributed by atoms with Gasteiger partial charge in [0.2, 0.25) is 11.5 Å². The number of hydrogen-bond acceptors (Lipinski definition) is 5. The number of rotatable bonds is 4. The number of carboxylic acid groups (broad SMARTS) is 1. The molecule has 0 bridgehead atoms. The molecule has 0 aromatic carbocycles. The molecule has 2 atom stereocenters. The summed E-state index contributed by atoms with van der Waals surface area (Å²) in [5, 5.41) is 20.1. The zero-order chi connectivity index (χ0) is 18.3. The van der Waals surface area contributed by atoms with E-state index in [0.29, 0.717) is 17.0 Å². The smallest absolute Gasteiger partial charge is 0.424 e. The van der Waals surface area contributed by atoms with Gasteiger partial charge in [-0.2, -0.15) is 13.2 Å². The van der Waals surface area contributed by atoms with E-state index < -0.39 is 40.5 Å². The summed E-state index contributed by atoms with van der Waals surface area (Å²) < 4.78 is 40.1. The number of carboxylic acids is 1. The lowest BCUT2D eigenvalue weighted by molar-refractivity contribution is -0.268. The number of aliphatic hydroxyl groups is 1. The van der Waals surface area contributed by atoms with E-state index in [1.807, 2.05) is 0 Å². The molecule has 0 aliphatic carbocycles. The summed E-state index contributed by atoms with van der Waals surface area (Å²) in [6.07, 6.45) is -6.16. The Kier molecular flexibility index (Phi) is 4.66. The number of amides is 1. The number of likely N-dealkylation sites (tertiary alicyclic amines) is 1. The van der Waals surface area contributed by atoms with E-state index in [-0.39, 0.29) is 19.5 Å². The number of halogens is 3. The number of thiazole rings is 1. The van der Waals surface area contributed by atoms with E-state index in [0.717, 1.165) is 4.90 Å². The van der Waals surface area contributed by atoms with Crippen LogP contribution in [0.1, 0.15) is 30.5 Å². The summed E-state index contributed by atoms with van der Waals surface area (Å²) in [7, 11) is 0. The van der Waals surface area contributed by atoms with Gasteiger partial charge < -0.3 is 15.1 Å². The van der Waals surface area contributed by atoms with Crippen LogP contribution < -0.4 is 0 Å². The zero-order valence-electron chi connectivity index (χ0n) is 13.1. The molecule has 1 aliphatic heterocycles. The Morgan fingerprint density at radius 1 is 1.46 bits per heavy atom. The van der Waals surface area contributed by atoms with Gasteiger partial charge in [-0.05, 0) is 20.3 Å². The maximum absolute atomic E-state index is 13.4. The second-order valence-electron chi connectivity index (χ2n) is 6.26. The highest BCUT2D eigenvalue weighted by atomic mass is 32.1. The van der Waals surface area contributed by atoms with Gasteiger partial charge in [0, 0.05) is 24.2 Å². The fourth-order valence-corrected chi connectivity index (χ4v) is 3.43. The summed E-state index contributed by atoms with van der Waals surface area (Å²) in [5.74, 6) is -2.06. The molecule has 2 heterocycles. The molecule has 1 fully saturated rings. The van der Waals surface area contributed by atoms with Gasteiger partial charge in [0.25, 0.3) is 0 Å². The number of nitrogens with zero attached hydrogens (tertiary/aromatic N) is 2. The normalized spacial score (nSPS) is 24.0. The van der Waals surface area contributed by atoms with Crippen LogP contribution in [0, 0.1) is 12.3 Å². The third-order valence-electron chi connectivity index (χ3n) is 4.19. The van der Waals surface area contributed by atoms with Crippen molar-refractivity contribution in [2.75, 3.05) is 13.1 Å². The van der Waals surface area contributed by atoms with Crippen LogP contribution in [0.3, 0.4) is 0 Å². The number of carbonyl (C=O) groups is 2. The number of carbonyl (C=O) groups excluding carboxylic acids is 1. The Morgan fingerprint density at radius 3 is 2.50 bits per heavy atom. The Hall–Kier alpha value is -1.68. The number of alkyl halides is 3. The SMILES string of the molecule is Cc1csc(C(O)(CC(=O)N2CCC(C)(C(=O)O)C2)C(F)(F)F)n1. The number of aliphatic carboxylic acids is 1. The molecule has 0 radical (unpaired) electrons. The number of aryl methyl sites for hydroxylation is 1. The summed E-state index contributed by atoms with van der Waals surface area (Å²) in [4.78, 5) is 28.1. The molecule has 6 nitrogen and oxygen atoms in total. The van der Waals surface area contributed by atoms with Crippen molar-refractivity contribution in [3.8, 4) is 0 Å². The quantitative estimate of drug-likeness (QED) is 0.850. The summed E-state index contributed by atoms with van der Waals surface area (Å²) in [5.41, 5.74) is -4.26. The van der Waals surface area contributed by atoms with Gasteiger partial charge in [-0.1, -0.05) is 0 Å². The standard InChI is InChI=1S/C14H17F3N2O4S/c1-8-6-24-10(18-8)13(23,14(15,16)17)5-9(20)19-4-3-12(2,7-19)11(21)22/h6,23H,3-5,7H2,1-2H3,(H,21,22). The third-order valence-corrected chi connectivity index (χ3v) is 5.30. The second-order valence-corrected chi connectivity index (χ2v) is 7.12. The largest absolute Gasteiger partial charge is 0.481 e. The summed E-state index contributed by atoms with van der Waals surface area (Å²) >= 11 is 0.627. The lowest BCUT2D eigenvalue weighted by Gasteiger charge is -2.30. The van der Waals surface area contributed by atoms with E-state index in [2.05, 4.69) is 4.98 Å². The van der Waals surface area contributed by atoms with Crippen LogP contribution in [0.5, 0.6) is 0 Å². The maximum Gasteiger partial charge on any atom is 0.424 e. The van der Waals surface area contributed by atoms with Gasteiger partial charge in [0.05, 0.1) is 11.8 Å².